The number of halogens is 1. The van der Waals surface area contributed by atoms with Gasteiger partial charge >= 0.3 is 0 Å². The maximum absolute atomic E-state index is 12.9. The van der Waals surface area contributed by atoms with E-state index >= 15 is 0 Å². The maximum Gasteiger partial charge on any atom is 0.250 e. The summed E-state index contributed by atoms with van der Waals surface area (Å²) < 4.78 is 0.959. The van der Waals surface area contributed by atoms with E-state index in [0.29, 0.717) is 12.4 Å². The van der Waals surface area contributed by atoms with Crippen molar-refractivity contribution in [3.05, 3.63) is 58.1 Å². The summed E-state index contributed by atoms with van der Waals surface area (Å²) in [7, 11) is 0. The number of benzene rings is 2. The van der Waals surface area contributed by atoms with Crippen molar-refractivity contribution in [1.29, 1.82) is 5.26 Å². The van der Waals surface area contributed by atoms with Crippen molar-refractivity contribution in [3.8, 4) is 17.5 Å². The Labute approximate surface area is 171 Å². The van der Waals surface area contributed by atoms with Gasteiger partial charge in [0, 0.05) is 22.3 Å². The lowest BCUT2D eigenvalue weighted by molar-refractivity contribution is -0.119. The molecule has 3 rings (SSSR count). The van der Waals surface area contributed by atoms with Gasteiger partial charge in [-0.1, -0.05) is 22.0 Å². The second-order valence-electron chi connectivity index (χ2n) is 6.45. The normalized spacial score (nSPS) is 10.5. The molecule has 0 radical (unpaired) electrons. The fourth-order valence-electron chi connectivity index (χ4n) is 2.90. The Balaban J connectivity index is 1.80. The number of aryl methyl sites for hydroxylation is 2. The molecule has 2 aromatic carbocycles. The minimum atomic E-state index is -0.194. The molecule has 142 valence electrons. The molecule has 1 amide bonds. The molecule has 0 aliphatic heterocycles. The van der Waals surface area contributed by atoms with Gasteiger partial charge in [0.25, 0.3) is 5.91 Å². The highest BCUT2D eigenvalue weighted by Crippen LogP contribution is 2.20. The van der Waals surface area contributed by atoms with Crippen LogP contribution >= 0.6 is 15.9 Å². The van der Waals surface area contributed by atoms with Crippen LogP contribution in [0.25, 0.3) is 11.4 Å². The number of anilines is 1. The van der Waals surface area contributed by atoms with E-state index in [2.05, 4.69) is 37.4 Å². The first kappa shape index (κ1) is 19.7. The summed E-state index contributed by atoms with van der Waals surface area (Å²) in [4.78, 5) is 15.8. The van der Waals surface area contributed by atoms with Gasteiger partial charge in [-0.25, -0.2) is 0 Å². The Morgan fingerprint density at radius 2 is 1.86 bits per heavy atom. The highest BCUT2D eigenvalue weighted by Gasteiger charge is 2.18. The summed E-state index contributed by atoms with van der Waals surface area (Å²) in [6.07, 6.45) is 0.244. The van der Waals surface area contributed by atoms with E-state index in [4.69, 9.17) is 5.26 Å². The highest BCUT2D eigenvalue weighted by atomic mass is 79.9. The molecule has 0 aliphatic rings. The van der Waals surface area contributed by atoms with Crippen molar-refractivity contribution in [2.45, 2.75) is 26.8 Å². The molecular formula is C20H19BrN6O. The summed E-state index contributed by atoms with van der Waals surface area (Å²) in [5, 5.41) is 21.3. The number of nitrogens with zero attached hydrogens (tertiary/aromatic N) is 6. The lowest BCUT2D eigenvalue weighted by atomic mass is 10.1. The van der Waals surface area contributed by atoms with Gasteiger partial charge in [0.15, 0.2) is 0 Å². The Morgan fingerprint density at radius 1 is 1.18 bits per heavy atom. The van der Waals surface area contributed by atoms with Crippen LogP contribution in [0, 0.1) is 25.2 Å². The number of carbonyl (C=O) groups is 1. The number of amides is 1. The zero-order valence-corrected chi connectivity index (χ0v) is 17.2. The molecule has 1 heterocycles. The van der Waals surface area contributed by atoms with Crippen LogP contribution in [0.3, 0.4) is 0 Å². The molecule has 0 bridgehead atoms. The van der Waals surface area contributed by atoms with Crippen LogP contribution in [0.15, 0.2) is 46.9 Å². The summed E-state index contributed by atoms with van der Waals surface area (Å²) in [5.41, 5.74) is 3.70. The number of nitriles is 1. The number of tetrazole rings is 1. The molecule has 1 aromatic heterocycles. The smallest absolute Gasteiger partial charge is 0.250 e. The van der Waals surface area contributed by atoms with Crippen LogP contribution in [0.4, 0.5) is 5.69 Å². The number of aromatic nitrogens is 4. The minimum absolute atomic E-state index is 0.0536. The summed E-state index contributed by atoms with van der Waals surface area (Å²) in [6, 6.07) is 15.6. The first-order valence-corrected chi connectivity index (χ1v) is 9.55. The minimum Gasteiger partial charge on any atom is -0.310 e. The standard InChI is InChI=1S/C20H19BrN6O/c1-14-10-15(2)12-18(11-14)26(9-3-8-22)19(28)13-27-24-20(23-25-27)16-4-6-17(21)7-5-16/h4-7,10-12H,3,9,13H2,1-2H3. The molecule has 7 nitrogen and oxygen atoms in total. The molecule has 0 N–H and O–H groups in total. The number of hydrogen-bond acceptors (Lipinski definition) is 5. The Hall–Kier alpha value is -3.05. The molecule has 0 unspecified atom stereocenters. The monoisotopic (exact) mass is 438 g/mol. The molecule has 3 aromatic rings. The Bertz CT molecular complexity index is 1000. The SMILES string of the molecule is Cc1cc(C)cc(N(CCC#N)C(=O)Cn2nnc(-c3ccc(Br)cc3)n2)c1. The van der Waals surface area contributed by atoms with Crippen molar-refractivity contribution in [1.82, 2.24) is 20.2 Å². The number of carbonyl (C=O) groups excluding carboxylic acids is 1. The lowest BCUT2D eigenvalue weighted by Gasteiger charge is -2.22. The molecule has 8 heteroatoms. The van der Waals surface area contributed by atoms with Crippen LogP contribution in [0.1, 0.15) is 17.5 Å². The molecule has 0 saturated heterocycles. The van der Waals surface area contributed by atoms with Crippen molar-refractivity contribution in [2.24, 2.45) is 0 Å². The van der Waals surface area contributed by atoms with E-state index in [9.17, 15) is 4.79 Å². The highest BCUT2D eigenvalue weighted by molar-refractivity contribution is 9.10. The fraction of sp³-hybridized carbons (Fsp3) is 0.250. The van der Waals surface area contributed by atoms with Crippen molar-refractivity contribution in [2.75, 3.05) is 11.4 Å². The Morgan fingerprint density at radius 3 is 2.50 bits per heavy atom. The second-order valence-corrected chi connectivity index (χ2v) is 7.37. The lowest BCUT2D eigenvalue weighted by Crippen LogP contribution is -2.35. The van der Waals surface area contributed by atoms with Crippen LogP contribution in [0.2, 0.25) is 0 Å². The summed E-state index contributed by atoms with van der Waals surface area (Å²) in [5.74, 6) is 0.260. The van der Waals surface area contributed by atoms with Gasteiger partial charge in [-0.15, -0.1) is 10.2 Å². The van der Waals surface area contributed by atoms with Gasteiger partial charge in [0.2, 0.25) is 5.82 Å². The van der Waals surface area contributed by atoms with Gasteiger partial charge in [-0.05, 0) is 66.6 Å². The predicted octanol–water partition coefficient (Wildman–Crippen LogP) is 3.67. The number of rotatable bonds is 6. The fourth-order valence-corrected chi connectivity index (χ4v) is 3.16. The maximum atomic E-state index is 12.9. The zero-order chi connectivity index (χ0) is 20.1. The zero-order valence-electron chi connectivity index (χ0n) is 15.6. The van der Waals surface area contributed by atoms with E-state index in [1.165, 1.54) is 4.80 Å². The van der Waals surface area contributed by atoms with Crippen molar-refractivity contribution >= 4 is 27.5 Å². The van der Waals surface area contributed by atoms with Gasteiger partial charge in [0.05, 0.1) is 12.5 Å². The van der Waals surface area contributed by atoms with Gasteiger partial charge in [-0.3, -0.25) is 4.79 Å². The third-order valence-corrected chi connectivity index (χ3v) is 4.63. The third-order valence-electron chi connectivity index (χ3n) is 4.10. The van der Waals surface area contributed by atoms with Crippen molar-refractivity contribution in [3.63, 3.8) is 0 Å². The Kier molecular flexibility index (Phi) is 6.16. The van der Waals surface area contributed by atoms with Crippen molar-refractivity contribution < 1.29 is 4.79 Å². The average molecular weight is 439 g/mol. The van der Waals surface area contributed by atoms with E-state index in [1.807, 2.05) is 56.3 Å². The topological polar surface area (TPSA) is 87.7 Å². The van der Waals surface area contributed by atoms with Crippen LogP contribution in [-0.4, -0.2) is 32.7 Å². The molecule has 28 heavy (non-hydrogen) atoms. The first-order valence-electron chi connectivity index (χ1n) is 8.75. The molecule has 0 saturated carbocycles. The van der Waals surface area contributed by atoms with E-state index in [0.717, 1.165) is 26.9 Å². The molecular weight excluding hydrogens is 420 g/mol. The van der Waals surface area contributed by atoms with E-state index in [-0.39, 0.29) is 18.9 Å². The molecule has 0 spiro atoms. The molecule has 0 aliphatic carbocycles. The quantitative estimate of drug-likeness (QED) is 0.585. The van der Waals surface area contributed by atoms with Crippen LogP contribution in [0.5, 0.6) is 0 Å². The second kappa shape index (κ2) is 8.76. The van der Waals surface area contributed by atoms with Gasteiger partial charge < -0.3 is 4.90 Å². The van der Waals surface area contributed by atoms with E-state index in [1.54, 1.807) is 4.90 Å². The molecule has 0 atom stereocenters. The van der Waals surface area contributed by atoms with Gasteiger partial charge in [0.1, 0.15) is 6.54 Å². The summed E-state index contributed by atoms with van der Waals surface area (Å²) >= 11 is 3.39. The third kappa shape index (κ3) is 4.81. The average Bonchev–Trinajstić information content (AvgIpc) is 3.10. The van der Waals surface area contributed by atoms with Gasteiger partial charge in [-0.2, -0.15) is 10.1 Å². The predicted molar refractivity (Wildman–Crippen MR) is 109 cm³/mol. The molecule has 0 fully saturated rings. The van der Waals surface area contributed by atoms with E-state index < -0.39 is 0 Å². The van der Waals surface area contributed by atoms with Crippen LogP contribution < -0.4 is 4.90 Å². The number of hydrogen-bond donors (Lipinski definition) is 0. The van der Waals surface area contributed by atoms with Crippen LogP contribution in [-0.2, 0) is 11.3 Å². The largest absolute Gasteiger partial charge is 0.310 e. The summed E-state index contributed by atoms with van der Waals surface area (Å²) in [6.45, 7) is 4.22. The first-order chi connectivity index (χ1) is 13.5.